The lowest BCUT2D eigenvalue weighted by Crippen LogP contribution is -2.41. The summed E-state index contributed by atoms with van der Waals surface area (Å²) < 4.78 is 13.8. The number of aliphatic hydroxyl groups excluding tert-OH is 1. The summed E-state index contributed by atoms with van der Waals surface area (Å²) in [6.07, 6.45) is 4.70. The second-order valence-electron chi connectivity index (χ2n) is 7.97. The van der Waals surface area contributed by atoms with E-state index in [1.165, 1.54) is 17.2 Å². The lowest BCUT2D eigenvalue weighted by molar-refractivity contribution is 0.172. The minimum atomic E-state index is -0.225. The van der Waals surface area contributed by atoms with Crippen LogP contribution in [0.3, 0.4) is 0 Å². The van der Waals surface area contributed by atoms with E-state index in [4.69, 9.17) is 0 Å². The lowest BCUT2D eigenvalue weighted by atomic mass is 9.82. The number of benzene rings is 2. The first-order valence-corrected chi connectivity index (χ1v) is 10.1. The summed E-state index contributed by atoms with van der Waals surface area (Å²) in [6.45, 7) is 1.96. The third-order valence-electron chi connectivity index (χ3n) is 6.27. The van der Waals surface area contributed by atoms with Crippen LogP contribution in [0.5, 0.6) is 0 Å². The van der Waals surface area contributed by atoms with Crippen LogP contribution in [-0.2, 0) is 6.54 Å². The normalized spacial score (nSPS) is 23.3. The summed E-state index contributed by atoms with van der Waals surface area (Å²) in [5.41, 5.74) is 5.43. The molecule has 3 atom stereocenters. The second kappa shape index (κ2) is 7.58. The lowest BCUT2D eigenvalue weighted by Gasteiger charge is -2.39. The van der Waals surface area contributed by atoms with Gasteiger partial charge in [-0.05, 0) is 71.6 Å². The van der Waals surface area contributed by atoms with Crippen molar-refractivity contribution in [2.75, 3.05) is 18.5 Å². The number of nitrogens with zero attached hydrogens (tertiary/aromatic N) is 2. The predicted octanol–water partition coefficient (Wildman–Crippen LogP) is 4.24. The number of nitrogens with one attached hydrogen (secondary N) is 1. The molecule has 1 aromatic heterocycles. The molecule has 29 heavy (non-hydrogen) atoms. The molecular weight excluding hydrogens is 365 g/mol. The molecule has 148 valence electrons. The fourth-order valence-electron chi connectivity index (χ4n) is 4.91. The maximum atomic E-state index is 13.8. The van der Waals surface area contributed by atoms with Crippen molar-refractivity contribution in [3.8, 4) is 11.1 Å². The minimum Gasteiger partial charge on any atom is -0.394 e. The van der Waals surface area contributed by atoms with E-state index in [0.717, 1.165) is 36.3 Å². The van der Waals surface area contributed by atoms with Gasteiger partial charge in [0.25, 0.3) is 0 Å². The summed E-state index contributed by atoms with van der Waals surface area (Å²) in [5.74, 6) is 0.119. The van der Waals surface area contributed by atoms with E-state index in [9.17, 15) is 9.50 Å². The molecule has 0 radical (unpaired) electrons. The molecule has 5 rings (SSSR count). The van der Waals surface area contributed by atoms with Gasteiger partial charge in [0.1, 0.15) is 5.82 Å². The van der Waals surface area contributed by atoms with E-state index in [-0.39, 0.29) is 24.5 Å². The van der Waals surface area contributed by atoms with E-state index in [1.807, 2.05) is 24.5 Å². The number of hydrogen-bond acceptors (Lipinski definition) is 4. The monoisotopic (exact) mass is 389 g/mol. The average molecular weight is 389 g/mol. The van der Waals surface area contributed by atoms with Crippen LogP contribution in [0.15, 0.2) is 67.0 Å². The van der Waals surface area contributed by atoms with Crippen LogP contribution in [0.2, 0.25) is 0 Å². The summed E-state index contributed by atoms with van der Waals surface area (Å²) in [5, 5.41) is 13.5. The molecule has 1 fully saturated rings. The fraction of sp³-hybridized carbons (Fsp3) is 0.292. The predicted molar refractivity (Wildman–Crippen MR) is 112 cm³/mol. The van der Waals surface area contributed by atoms with Crippen LogP contribution >= 0.6 is 0 Å². The number of anilines is 1. The number of hydrogen-bond donors (Lipinski definition) is 2. The number of aromatic nitrogens is 1. The third kappa shape index (κ3) is 3.41. The van der Waals surface area contributed by atoms with Gasteiger partial charge in [-0.2, -0.15) is 0 Å². The highest BCUT2D eigenvalue weighted by atomic mass is 19.1. The Balaban J connectivity index is 1.54. The standard InChI is InChI=1S/C24H24FN3O/c25-19-3-1-2-17(12-19)18-4-5-22-21(13-18)24-20(23(15-29)27-22)8-11-28(24)14-16-6-9-26-10-7-16/h1-7,9-10,12-13,20,23-24,27,29H,8,11,14-15H2/t20-,23-,24-/m1/s1. The van der Waals surface area contributed by atoms with Crippen molar-refractivity contribution in [3.05, 3.63) is 83.9 Å². The van der Waals surface area contributed by atoms with E-state index >= 15 is 0 Å². The summed E-state index contributed by atoms with van der Waals surface area (Å²) >= 11 is 0. The molecule has 2 aliphatic rings. The van der Waals surface area contributed by atoms with Gasteiger partial charge in [-0.15, -0.1) is 0 Å². The molecule has 3 aromatic rings. The molecule has 1 saturated heterocycles. The minimum absolute atomic E-state index is 0.0509. The smallest absolute Gasteiger partial charge is 0.123 e. The molecule has 0 unspecified atom stereocenters. The molecule has 2 aromatic carbocycles. The van der Waals surface area contributed by atoms with Crippen LogP contribution < -0.4 is 5.32 Å². The quantitative estimate of drug-likeness (QED) is 0.701. The van der Waals surface area contributed by atoms with Crippen molar-refractivity contribution >= 4 is 5.69 Å². The van der Waals surface area contributed by atoms with Gasteiger partial charge in [0, 0.05) is 36.6 Å². The van der Waals surface area contributed by atoms with Crippen LogP contribution in [0.1, 0.15) is 23.6 Å². The molecule has 0 saturated carbocycles. The number of halogens is 1. The Morgan fingerprint density at radius 3 is 2.69 bits per heavy atom. The zero-order valence-corrected chi connectivity index (χ0v) is 16.1. The van der Waals surface area contributed by atoms with Crippen molar-refractivity contribution in [3.63, 3.8) is 0 Å². The van der Waals surface area contributed by atoms with Gasteiger partial charge < -0.3 is 10.4 Å². The molecule has 2 aliphatic heterocycles. The van der Waals surface area contributed by atoms with E-state index in [2.05, 4.69) is 39.5 Å². The molecule has 5 heteroatoms. The topological polar surface area (TPSA) is 48.4 Å². The third-order valence-corrected chi connectivity index (χ3v) is 6.27. The van der Waals surface area contributed by atoms with Crippen LogP contribution in [0, 0.1) is 11.7 Å². The number of likely N-dealkylation sites (tertiary alicyclic amines) is 1. The Hall–Kier alpha value is -2.76. The van der Waals surface area contributed by atoms with Gasteiger partial charge in [0.15, 0.2) is 0 Å². The molecule has 4 nitrogen and oxygen atoms in total. The van der Waals surface area contributed by atoms with Crippen molar-refractivity contribution in [2.24, 2.45) is 5.92 Å². The van der Waals surface area contributed by atoms with Gasteiger partial charge in [-0.1, -0.05) is 18.2 Å². The number of fused-ring (bicyclic) bond motifs is 3. The molecule has 2 N–H and O–H groups in total. The van der Waals surface area contributed by atoms with Gasteiger partial charge in [0.05, 0.1) is 12.6 Å². The maximum absolute atomic E-state index is 13.8. The molecular formula is C24H24FN3O. The van der Waals surface area contributed by atoms with Crippen molar-refractivity contribution in [1.29, 1.82) is 0 Å². The number of aliphatic hydroxyl groups is 1. The van der Waals surface area contributed by atoms with Crippen molar-refractivity contribution < 1.29 is 9.50 Å². The second-order valence-corrected chi connectivity index (χ2v) is 7.97. The highest BCUT2D eigenvalue weighted by Gasteiger charge is 2.43. The van der Waals surface area contributed by atoms with E-state index < -0.39 is 0 Å². The highest BCUT2D eigenvalue weighted by Crippen LogP contribution is 2.47. The van der Waals surface area contributed by atoms with Gasteiger partial charge in [-0.25, -0.2) is 4.39 Å². The Morgan fingerprint density at radius 2 is 1.90 bits per heavy atom. The highest BCUT2D eigenvalue weighted by molar-refractivity contribution is 5.70. The number of rotatable bonds is 4. The molecule has 0 aliphatic carbocycles. The summed E-state index contributed by atoms with van der Waals surface area (Å²) in [6, 6.07) is 17.4. The van der Waals surface area contributed by atoms with Crippen LogP contribution in [0.25, 0.3) is 11.1 Å². The molecule has 0 amide bonds. The first kappa shape index (κ1) is 18.3. The zero-order valence-electron chi connectivity index (χ0n) is 16.1. The Kier molecular flexibility index (Phi) is 4.78. The first-order chi connectivity index (χ1) is 14.2. The van der Waals surface area contributed by atoms with Crippen LogP contribution in [0.4, 0.5) is 10.1 Å². The summed E-state index contributed by atoms with van der Waals surface area (Å²) in [7, 11) is 0. The van der Waals surface area contributed by atoms with Gasteiger partial charge in [0.2, 0.25) is 0 Å². The fourth-order valence-corrected chi connectivity index (χ4v) is 4.91. The largest absolute Gasteiger partial charge is 0.394 e. The Bertz CT molecular complexity index is 1010. The Morgan fingerprint density at radius 1 is 1.07 bits per heavy atom. The van der Waals surface area contributed by atoms with E-state index in [1.54, 1.807) is 12.1 Å². The SMILES string of the molecule is OC[C@H]1Nc2ccc(-c3cccc(F)c3)cc2[C@H]2[C@@H]1CCN2Cc1ccncc1. The Labute approximate surface area is 170 Å². The first-order valence-electron chi connectivity index (χ1n) is 10.1. The van der Waals surface area contributed by atoms with Crippen LogP contribution in [-0.4, -0.2) is 34.2 Å². The molecule has 0 spiro atoms. The van der Waals surface area contributed by atoms with Gasteiger partial charge in [-0.3, -0.25) is 9.88 Å². The average Bonchev–Trinajstić information content (AvgIpc) is 3.17. The molecule has 0 bridgehead atoms. The van der Waals surface area contributed by atoms with E-state index in [0.29, 0.717) is 5.92 Å². The maximum Gasteiger partial charge on any atom is 0.123 e. The van der Waals surface area contributed by atoms with Crippen molar-refractivity contribution in [1.82, 2.24) is 9.88 Å². The van der Waals surface area contributed by atoms with Gasteiger partial charge >= 0.3 is 0 Å². The summed E-state index contributed by atoms with van der Waals surface area (Å²) in [4.78, 5) is 6.62. The zero-order chi connectivity index (χ0) is 19.8. The molecule has 3 heterocycles. The van der Waals surface area contributed by atoms with Crippen molar-refractivity contribution in [2.45, 2.75) is 25.0 Å². The number of pyridine rings is 1.